The molecule has 2 amide bonds. The van der Waals surface area contributed by atoms with Crippen molar-refractivity contribution in [1.82, 2.24) is 15.1 Å². The largest absolute Gasteiger partial charge is 0.468 e. The molecule has 2 unspecified atom stereocenters. The Kier molecular flexibility index (Phi) is 5.03. The number of carbonyl (C=O) groups excluding carboxylic acids is 1. The fraction of sp³-hybridized carbons (Fsp3) is 0.471. The van der Waals surface area contributed by atoms with Crippen LogP contribution in [0.4, 0.5) is 4.79 Å². The third kappa shape index (κ3) is 3.59. The first-order chi connectivity index (χ1) is 11.2. The summed E-state index contributed by atoms with van der Waals surface area (Å²) in [4.78, 5) is 16.6. The van der Waals surface area contributed by atoms with E-state index < -0.39 is 0 Å². The molecule has 2 atom stereocenters. The lowest BCUT2D eigenvalue weighted by Gasteiger charge is -2.27. The first kappa shape index (κ1) is 16.1. The van der Waals surface area contributed by atoms with E-state index in [4.69, 9.17) is 4.42 Å². The van der Waals surface area contributed by atoms with Gasteiger partial charge in [0.1, 0.15) is 5.76 Å². The molecule has 1 aliphatic heterocycles. The Bertz CT molecular complexity index is 610. The lowest BCUT2D eigenvalue weighted by molar-refractivity contribution is 0.185. The van der Waals surface area contributed by atoms with Crippen molar-refractivity contribution in [3.8, 4) is 0 Å². The maximum atomic E-state index is 12.6. The van der Waals surface area contributed by atoms with Crippen LogP contribution in [0.25, 0.3) is 0 Å². The molecule has 1 fully saturated rings. The van der Waals surface area contributed by atoms with Gasteiger partial charge in [-0.25, -0.2) is 4.79 Å². The maximum absolute atomic E-state index is 12.6. The molecule has 5 nitrogen and oxygen atoms in total. The quantitative estimate of drug-likeness (QED) is 0.911. The van der Waals surface area contributed by atoms with Gasteiger partial charge >= 0.3 is 6.03 Å². The van der Waals surface area contributed by atoms with Crippen LogP contribution in [0, 0.1) is 0 Å². The van der Waals surface area contributed by atoms with Gasteiger partial charge in [-0.2, -0.15) is 11.3 Å². The molecule has 2 aromatic heterocycles. The van der Waals surface area contributed by atoms with Gasteiger partial charge in [-0.1, -0.05) is 0 Å². The second-order valence-electron chi connectivity index (χ2n) is 6.09. The molecule has 1 N–H and O–H groups in total. The molecule has 0 radical (unpaired) electrons. The molecule has 3 heterocycles. The molecule has 1 saturated heterocycles. The third-order valence-corrected chi connectivity index (χ3v) is 5.08. The predicted octanol–water partition coefficient (Wildman–Crippen LogP) is 3.49. The zero-order valence-electron chi connectivity index (χ0n) is 13.6. The van der Waals surface area contributed by atoms with Gasteiger partial charge in [-0.05, 0) is 61.5 Å². The normalized spacial score (nSPS) is 19.3. The highest BCUT2D eigenvalue weighted by Crippen LogP contribution is 2.33. The Hall–Kier alpha value is -1.79. The van der Waals surface area contributed by atoms with Crippen molar-refractivity contribution in [2.24, 2.45) is 0 Å². The number of likely N-dealkylation sites (tertiary alicyclic amines) is 1. The fourth-order valence-corrected chi connectivity index (χ4v) is 3.83. The van der Waals surface area contributed by atoms with Gasteiger partial charge in [0.25, 0.3) is 0 Å². The second-order valence-corrected chi connectivity index (χ2v) is 6.87. The number of urea groups is 1. The highest BCUT2D eigenvalue weighted by molar-refractivity contribution is 7.07. The van der Waals surface area contributed by atoms with Crippen molar-refractivity contribution in [1.29, 1.82) is 0 Å². The molecule has 0 saturated carbocycles. The molecule has 3 rings (SSSR count). The minimum Gasteiger partial charge on any atom is -0.468 e. The van der Waals surface area contributed by atoms with E-state index in [1.165, 1.54) is 5.56 Å². The fourth-order valence-electron chi connectivity index (χ4n) is 3.13. The second kappa shape index (κ2) is 7.19. The van der Waals surface area contributed by atoms with Crippen molar-refractivity contribution in [3.63, 3.8) is 0 Å². The highest BCUT2D eigenvalue weighted by Gasteiger charge is 2.30. The van der Waals surface area contributed by atoms with E-state index in [0.29, 0.717) is 6.54 Å². The zero-order chi connectivity index (χ0) is 16.2. The van der Waals surface area contributed by atoms with Crippen molar-refractivity contribution < 1.29 is 9.21 Å². The van der Waals surface area contributed by atoms with E-state index in [2.05, 4.69) is 27.0 Å². The lowest BCUT2D eigenvalue weighted by Crippen LogP contribution is -2.42. The molecule has 0 aromatic carbocycles. The molecule has 0 spiro atoms. The number of amides is 2. The van der Waals surface area contributed by atoms with Crippen LogP contribution < -0.4 is 5.32 Å². The average molecular weight is 333 g/mol. The van der Waals surface area contributed by atoms with Crippen LogP contribution in [0.5, 0.6) is 0 Å². The SMILES string of the molecule is CN(C)C(CNC(=O)N1CCCC1c1ccsc1)c1ccco1. The summed E-state index contributed by atoms with van der Waals surface area (Å²) in [6.45, 7) is 1.35. The van der Waals surface area contributed by atoms with Crippen LogP contribution in [0.1, 0.15) is 36.2 Å². The average Bonchev–Trinajstić information content (AvgIpc) is 3.27. The Morgan fingerprint density at radius 2 is 2.39 bits per heavy atom. The van der Waals surface area contributed by atoms with Gasteiger partial charge in [-0.15, -0.1) is 0 Å². The van der Waals surface area contributed by atoms with Gasteiger partial charge in [0.2, 0.25) is 0 Å². The summed E-state index contributed by atoms with van der Waals surface area (Å²) < 4.78 is 5.49. The summed E-state index contributed by atoms with van der Waals surface area (Å²) in [6, 6.07) is 6.20. The first-order valence-electron chi connectivity index (χ1n) is 7.93. The number of carbonyl (C=O) groups is 1. The van der Waals surface area contributed by atoms with Crippen LogP contribution >= 0.6 is 11.3 Å². The molecule has 2 aromatic rings. The van der Waals surface area contributed by atoms with Crippen LogP contribution in [-0.2, 0) is 0 Å². The molecular formula is C17H23N3O2S. The van der Waals surface area contributed by atoms with Crippen molar-refractivity contribution in [2.75, 3.05) is 27.2 Å². The minimum atomic E-state index is 0.0112. The number of thiophene rings is 1. The summed E-state index contributed by atoms with van der Waals surface area (Å²) in [7, 11) is 3.98. The third-order valence-electron chi connectivity index (χ3n) is 4.38. The Morgan fingerprint density at radius 1 is 1.52 bits per heavy atom. The summed E-state index contributed by atoms with van der Waals surface area (Å²) >= 11 is 1.68. The monoisotopic (exact) mass is 333 g/mol. The topological polar surface area (TPSA) is 48.7 Å². The number of furan rings is 1. The van der Waals surface area contributed by atoms with Crippen LogP contribution in [0.3, 0.4) is 0 Å². The van der Waals surface area contributed by atoms with Gasteiger partial charge in [0, 0.05) is 13.1 Å². The number of hydrogen-bond donors (Lipinski definition) is 1. The van der Waals surface area contributed by atoms with E-state index in [9.17, 15) is 4.79 Å². The molecule has 0 bridgehead atoms. The standard InChI is InChI=1S/C17H23N3O2S/c1-19(2)15(16-6-4-9-22-16)11-18-17(21)20-8-3-5-14(20)13-7-10-23-12-13/h4,6-7,9-10,12,14-15H,3,5,8,11H2,1-2H3,(H,18,21). The first-order valence-corrected chi connectivity index (χ1v) is 8.87. The van der Waals surface area contributed by atoms with Crippen molar-refractivity contribution >= 4 is 17.4 Å². The maximum Gasteiger partial charge on any atom is 0.317 e. The van der Waals surface area contributed by atoms with Gasteiger partial charge in [0.05, 0.1) is 18.3 Å². The number of rotatable bonds is 5. The number of nitrogens with one attached hydrogen (secondary N) is 1. The molecule has 1 aliphatic rings. The summed E-state index contributed by atoms with van der Waals surface area (Å²) in [5.74, 6) is 0.867. The van der Waals surface area contributed by atoms with Crippen molar-refractivity contribution in [3.05, 3.63) is 46.5 Å². The minimum absolute atomic E-state index is 0.0112. The van der Waals surface area contributed by atoms with Crippen LogP contribution in [0.15, 0.2) is 39.6 Å². The summed E-state index contributed by atoms with van der Waals surface area (Å²) in [6.07, 6.45) is 3.77. The predicted molar refractivity (Wildman–Crippen MR) is 91.5 cm³/mol. The number of hydrogen-bond acceptors (Lipinski definition) is 4. The lowest BCUT2D eigenvalue weighted by atomic mass is 10.1. The number of nitrogens with zero attached hydrogens (tertiary/aromatic N) is 2. The molecule has 23 heavy (non-hydrogen) atoms. The van der Waals surface area contributed by atoms with Crippen LogP contribution in [-0.4, -0.2) is 43.0 Å². The molecule has 0 aliphatic carbocycles. The Morgan fingerprint density at radius 3 is 3.04 bits per heavy atom. The van der Waals surface area contributed by atoms with Gasteiger partial charge in [0.15, 0.2) is 0 Å². The van der Waals surface area contributed by atoms with Crippen molar-refractivity contribution in [2.45, 2.75) is 24.9 Å². The smallest absolute Gasteiger partial charge is 0.317 e. The van der Waals surface area contributed by atoms with Crippen LogP contribution in [0.2, 0.25) is 0 Å². The van der Waals surface area contributed by atoms with E-state index in [0.717, 1.165) is 25.1 Å². The highest BCUT2D eigenvalue weighted by atomic mass is 32.1. The van der Waals surface area contributed by atoms with Gasteiger partial charge in [-0.3, -0.25) is 4.90 Å². The molecular weight excluding hydrogens is 310 g/mol. The summed E-state index contributed by atoms with van der Waals surface area (Å²) in [5, 5.41) is 7.29. The number of likely N-dealkylation sites (N-methyl/N-ethyl adjacent to an activating group) is 1. The van der Waals surface area contributed by atoms with E-state index in [-0.39, 0.29) is 18.1 Å². The van der Waals surface area contributed by atoms with E-state index >= 15 is 0 Å². The zero-order valence-corrected chi connectivity index (χ0v) is 14.4. The van der Waals surface area contributed by atoms with E-state index in [1.807, 2.05) is 31.1 Å². The van der Waals surface area contributed by atoms with E-state index in [1.54, 1.807) is 17.6 Å². The molecule has 124 valence electrons. The summed E-state index contributed by atoms with van der Waals surface area (Å²) in [5.41, 5.74) is 1.25. The van der Waals surface area contributed by atoms with Gasteiger partial charge < -0.3 is 14.6 Å². The Labute approximate surface area is 140 Å². The Balaban J connectivity index is 1.62. The molecule has 6 heteroatoms.